The molecule has 11 rings (SSSR count). The van der Waals surface area contributed by atoms with Gasteiger partial charge in [-0.3, -0.25) is 4.98 Å². The molecule has 5 heterocycles. The zero-order valence-corrected chi connectivity index (χ0v) is 27.4. The van der Waals surface area contributed by atoms with Crippen molar-refractivity contribution >= 4 is 65.6 Å². The van der Waals surface area contributed by atoms with Crippen molar-refractivity contribution in [2.45, 2.75) is 0 Å². The van der Waals surface area contributed by atoms with Crippen LogP contribution in [-0.4, -0.2) is 19.1 Å². The van der Waals surface area contributed by atoms with Gasteiger partial charge in [0.25, 0.3) is 0 Å². The van der Waals surface area contributed by atoms with Crippen LogP contribution >= 0.6 is 0 Å². The quantitative estimate of drug-likeness (QED) is 0.190. The molecule has 0 unspecified atom stereocenters. The highest BCUT2D eigenvalue weighted by molar-refractivity contribution is 6.39. The van der Waals surface area contributed by atoms with Gasteiger partial charge in [-0.1, -0.05) is 97.1 Å². The van der Waals surface area contributed by atoms with Crippen molar-refractivity contribution in [2.75, 3.05) is 0 Å². The van der Waals surface area contributed by atoms with E-state index >= 15 is 0 Å². The van der Waals surface area contributed by atoms with Crippen molar-refractivity contribution in [3.8, 4) is 34.0 Å². The van der Waals surface area contributed by atoms with Gasteiger partial charge in [-0.2, -0.15) is 0 Å². The van der Waals surface area contributed by atoms with Crippen molar-refractivity contribution in [3.63, 3.8) is 0 Å². The van der Waals surface area contributed by atoms with Crippen molar-refractivity contribution in [1.29, 1.82) is 0 Å². The third-order valence-corrected chi connectivity index (χ3v) is 10.2. The van der Waals surface area contributed by atoms with E-state index in [1.807, 2.05) is 30.3 Å². The summed E-state index contributed by atoms with van der Waals surface area (Å²) in [6, 6.07) is 57.4. The Morgan fingerprint density at radius 2 is 1.02 bits per heavy atom. The molecule has 0 saturated carbocycles. The van der Waals surface area contributed by atoms with E-state index in [0.717, 1.165) is 72.5 Å². The lowest BCUT2D eigenvalue weighted by Gasteiger charge is -2.12. The average Bonchev–Trinajstić information content (AvgIpc) is 3.87. The lowest BCUT2D eigenvalue weighted by Crippen LogP contribution is -1.96. The molecule has 0 radical (unpaired) electrons. The van der Waals surface area contributed by atoms with Gasteiger partial charge in [-0.05, 0) is 66.7 Å². The highest BCUT2D eigenvalue weighted by Gasteiger charge is 2.27. The van der Waals surface area contributed by atoms with E-state index < -0.39 is 0 Å². The van der Waals surface area contributed by atoms with Gasteiger partial charge in [-0.15, -0.1) is 0 Å². The Morgan fingerprint density at radius 1 is 0.412 bits per heavy atom. The van der Waals surface area contributed by atoms with E-state index in [1.165, 1.54) is 27.1 Å². The summed E-state index contributed by atoms with van der Waals surface area (Å²) in [5.74, 6) is 0. The first-order chi connectivity index (χ1) is 25.3. The lowest BCUT2D eigenvalue weighted by molar-refractivity contribution is 0.671. The van der Waals surface area contributed by atoms with Crippen molar-refractivity contribution < 1.29 is 4.42 Å². The highest BCUT2D eigenvalue weighted by atomic mass is 16.3. The molecule has 0 atom stereocenters. The van der Waals surface area contributed by atoms with E-state index in [9.17, 15) is 0 Å². The Kier molecular flexibility index (Phi) is 5.89. The second kappa shape index (κ2) is 10.8. The van der Waals surface area contributed by atoms with E-state index in [2.05, 4.69) is 148 Å². The number of pyridine rings is 2. The van der Waals surface area contributed by atoms with Gasteiger partial charge in [0, 0.05) is 55.5 Å². The molecular weight excluding hydrogens is 625 g/mol. The van der Waals surface area contributed by atoms with E-state index in [4.69, 9.17) is 9.40 Å². The van der Waals surface area contributed by atoms with Gasteiger partial charge in [-0.25, -0.2) is 4.98 Å². The maximum Gasteiger partial charge on any atom is 0.160 e. The summed E-state index contributed by atoms with van der Waals surface area (Å²) >= 11 is 0. The van der Waals surface area contributed by atoms with E-state index in [-0.39, 0.29) is 0 Å². The van der Waals surface area contributed by atoms with Crippen LogP contribution in [0.5, 0.6) is 0 Å². The number of furan rings is 1. The molecule has 11 aromatic rings. The van der Waals surface area contributed by atoms with Crippen LogP contribution in [0.3, 0.4) is 0 Å². The van der Waals surface area contributed by atoms with Crippen LogP contribution in [0.2, 0.25) is 0 Å². The summed E-state index contributed by atoms with van der Waals surface area (Å²) in [5.41, 5.74) is 12.1. The van der Waals surface area contributed by atoms with Gasteiger partial charge in [0.2, 0.25) is 0 Å². The van der Waals surface area contributed by atoms with Gasteiger partial charge >= 0.3 is 0 Å². The molecule has 0 amide bonds. The minimum Gasteiger partial charge on any atom is -0.454 e. The number of aromatic nitrogens is 4. The SMILES string of the molecule is c1ccc(-n2c3ccccc3c3c2c2oc4ccccc4c2c2c4ccccc4n(-c4ccc(-c5cccc(-c6ccccn6)n5)cc4)c23)cc1. The molecule has 0 aliphatic heterocycles. The molecule has 5 aromatic heterocycles. The molecule has 5 heteroatoms. The molecule has 238 valence electrons. The second-order valence-electron chi connectivity index (χ2n) is 13.0. The molecule has 5 nitrogen and oxygen atoms in total. The molecule has 0 fully saturated rings. The number of para-hydroxylation sites is 4. The van der Waals surface area contributed by atoms with Crippen LogP contribution < -0.4 is 0 Å². The average molecular weight is 653 g/mol. The molecule has 0 N–H and O–H groups in total. The number of nitrogens with zero attached hydrogens (tertiary/aromatic N) is 4. The smallest absolute Gasteiger partial charge is 0.160 e. The summed E-state index contributed by atoms with van der Waals surface area (Å²) in [7, 11) is 0. The number of rotatable bonds is 4. The third kappa shape index (κ3) is 4.03. The van der Waals surface area contributed by atoms with Crippen molar-refractivity contribution in [3.05, 3.63) is 170 Å². The molecule has 0 spiro atoms. The van der Waals surface area contributed by atoms with E-state index in [0.29, 0.717) is 0 Å². The normalized spacial score (nSPS) is 11.9. The fourth-order valence-corrected chi connectivity index (χ4v) is 8.03. The number of hydrogen-bond donors (Lipinski definition) is 0. The highest BCUT2D eigenvalue weighted by Crippen LogP contribution is 2.49. The molecule has 51 heavy (non-hydrogen) atoms. The number of fused-ring (bicyclic) bond motifs is 12. The van der Waals surface area contributed by atoms with Crippen LogP contribution in [-0.2, 0) is 0 Å². The van der Waals surface area contributed by atoms with Crippen LogP contribution in [0.15, 0.2) is 174 Å². The Bertz CT molecular complexity index is 3120. The second-order valence-corrected chi connectivity index (χ2v) is 13.0. The predicted octanol–water partition coefficient (Wildman–Crippen LogP) is 11.9. The topological polar surface area (TPSA) is 48.8 Å². The molecule has 0 bridgehead atoms. The Morgan fingerprint density at radius 3 is 1.78 bits per heavy atom. The van der Waals surface area contributed by atoms with Crippen LogP contribution in [0.1, 0.15) is 0 Å². The lowest BCUT2D eigenvalue weighted by atomic mass is 10.0. The largest absolute Gasteiger partial charge is 0.454 e. The number of hydrogen-bond acceptors (Lipinski definition) is 3. The molecular formula is C46H28N4O. The molecule has 0 saturated heterocycles. The van der Waals surface area contributed by atoms with Gasteiger partial charge in [0.1, 0.15) is 5.58 Å². The fourth-order valence-electron chi connectivity index (χ4n) is 8.03. The van der Waals surface area contributed by atoms with Gasteiger partial charge < -0.3 is 13.6 Å². The zero-order valence-electron chi connectivity index (χ0n) is 27.4. The maximum atomic E-state index is 6.89. The minimum absolute atomic E-state index is 0.855. The van der Waals surface area contributed by atoms with Crippen LogP contribution in [0, 0.1) is 0 Å². The zero-order chi connectivity index (χ0) is 33.5. The van der Waals surface area contributed by atoms with Crippen molar-refractivity contribution in [2.24, 2.45) is 0 Å². The van der Waals surface area contributed by atoms with Crippen LogP contribution in [0.4, 0.5) is 0 Å². The Balaban J connectivity index is 1.26. The first-order valence-electron chi connectivity index (χ1n) is 17.2. The third-order valence-electron chi connectivity index (χ3n) is 10.2. The maximum absolute atomic E-state index is 6.89. The Labute approximate surface area is 292 Å². The fraction of sp³-hybridized carbons (Fsp3) is 0. The van der Waals surface area contributed by atoms with Gasteiger partial charge in [0.15, 0.2) is 5.58 Å². The molecule has 0 aliphatic carbocycles. The summed E-state index contributed by atoms with van der Waals surface area (Å²) < 4.78 is 11.7. The number of benzene rings is 6. The summed E-state index contributed by atoms with van der Waals surface area (Å²) in [6.45, 7) is 0. The monoisotopic (exact) mass is 652 g/mol. The molecule has 0 aliphatic rings. The minimum atomic E-state index is 0.855. The standard InChI is InChI=1S/C46H28N4O/c1-2-13-30(14-3-1)50-39-22-8-5-16-33(39)43-44-41(42-34-17-6-9-23-40(34)51-46(42)45(43)50)32-15-4-7-21-38(32)49(44)31-26-24-29(25-27-31)35-19-12-20-37(48-35)36-18-10-11-28-47-36/h1-28H. The molecule has 6 aromatic carbocycles. The summed E-state index contributed by atoms with van der Waals surface area (Å²) in [5, 5.41) is 6.98. The first-order valence-corrected chi connectivity index (χ1v) is 17.2. The Hall–Kier alpha value is -6.98. The predicted molar refractivity (Wildman–Crippen MR) is 209 cm³/mol. The van der Waals surface area contributed by atoms with E-state index in [1.54, 1.807) is 6.20 Å². The van der Waals surface area contributed by atoms with Crippen molar-refractivity contribution in [1.82, 2.24) is 19.1 Å². The summed E-state index contributed by atoms with van der Waals surface area (Å²) in [6.07, 6.45) is 1.80. The first kappa shape index (κ1) is 27.9. The van der Waals surface area contributed by atoms with Crippen LogP contribution in [0.25, 0.3) is 99.6 Å². The van der Waals surface area contributed by atoms with Gasteiger partial charge in [0.05, 0.1) is 39.1 Å². The summed E-state index contributed by atoms with van der Waals surface area (Å²) in [4.78, 5) is 9.51.